The van der Waals surface area contributed by atoms with Gasteiger partial charge in [0.1, 0.15) is 16.5 Å². The van der Waals surface area contributed by atoms with Gasteiger partial charge in [-0.15, -0.1) is 11.3 Å². The van der Waals surface area contributed by atoms with Crippen LogP contribution in [0, 0.1) is 6.92 Å². The van der Waals surface area contributed by atoms with Crippen molar-refractivity contribution in [1.29, 1.82) is 0 Å². The van der Waals surface area contributed by atoms with E-state index in [0.29, 0.717) is 31.7 Å². The van der Waals surface area contributed by atoms with Crippen LogP contribution < -0.4 is 0 Å². The molecule has 0 radical (unpaired) electrons. The molecule has 0 aliphatic carbocycles. The summed E-state index contributed by atoms with van der Waals surface area (Å²) in [6.45, 7) is 6.68. The number of morpholine rings is 1. The molecule has 0 N–H and O–H groups in total. The zero-order valence-electron chi connectivity index (χ0n) is 13.9. The number of aromatic nitrogens is 1. The lowest BCUT2D eigenvalue weighted by Crippen LogP contribution is -2.56. The van der Waals surface area contributed by atoms with E-state index < -0.39 is 20.9 Å². The Morgan fingerprint density at radius 3 is 2.83 bits per heavy atom. The molecule has 2 bridgehead atoms. The fraction of sp³-hybridized carbons (Fsp3) is 0.733. The molecule has 7 nitrogen and oxygen atoms in total. The second kappa shape index (κ2) is 5.23. The molecule has 1 amide bonds. The predicted octanol–water partition coefficient (Wildman–Crippen LogP) is 0.857. The minimum absolute atomic E-state index is 0.107. The molecule has 1 spiro atoms. The topological polar surface area (TPSA) is 79.8 Å². The van der Waals surface area contributed by atoms with E-state index in [1.54, 1.807) is 10.3 Å². The van der Waals surface area contributed by atoms with Crippen molar-refractivity contribution >= 4 is 27.3 Å². The van der Waals surface area contributed by atoms with Crippen LogP contribution in [0.2, 0.25) is 0 Å². The molecule has 4 heterocycles. The average molecular weight is 371 g/mol. The molecular formula is C15H21N3O4S2. The maximum atomic E-state index is 12.8. The van der Waals surface area contributed by atoms with E-state index in [1.165, 1.54) is 15.6 Å². The lowest BCUT2D eigenvalue weighted by Gasteiger charge is -2.39. The van der Waals surface area contributed by atoms with E-state index in [-0.39, 0.29) is 18.1 Å². The summed E-state index contributed by atoms with van der Waals surface area (Å²) in [6, 6.07) is -0.107. The Balaban J connectivity index is 1.64. The second-order valence-corrected chi connectivity index (χ2v) is 10.3. The Labute approximate surface area is 145 Å². The Hall–Kier alpha value is -1.03. The number of nitrogens with zero attached hydrogens (tertiary/aromatic N) is 3. The van der Waals surface area contributed by atoms with Crippen LogP contribution >= 0.6 is 11.3 Å². The minimum Gasteiger partial charge on any atom is -0.365 e. The maximum absolute atomic E-state index is 12.8. The number of rotatable bonds is 2. The fourth-order valence-corrected chi connectivity index (χ4v) is 7.25. The lowest BCUT2D eigenvalue weighted by atomic mass is 9.99. The molecule has 0 saturated carbocycles. The van der Waals surface area contributed by atoms with E-state index >= 15 is 0 Å². The Bertz CT molecular complexity index is 790. The van der Waals surface area contributed by atoms with Crippen LogP contribution in [-0.2, 0) is 14.8 Å². The van der Waals surface area contributed by atoms with Gasteiger partial charge < -0.3 is 9.64 Å². The van der Waals surface area contributed by atoms with E-state index in [0.717, 1.165) is 5.01 Å². The molecule has 3 aliphatic rings. The fourth-order valence-electron chi connectivity index (χ4n) is 4.15. The summed E-state index contributed by atoms with van der Waals surface area (Å²) in [5.74, 6) is -0.131. The first-order chi connectivity index (χ1) is 11.2. The molecule has 132 valence electrons. The maximum Gasteiger partial charge on any atom is 0.273 e. The van der Waals surface area contributed by atoms with Gasteiger partial charge in [-0.1, -0.05) is 0 Å². The van der Waals surface area contributed by atoms with Crippen LogP contribution in [0.3, 0.4) is 0 Å². The number of carbonyl (C=O) groups is 1. The zero-order valence-corrected chi connectivity index (χ0v) is 15.6. The third-order valence-corrected chi connectivity index (χ3v) is 8.48. The predicted molar refractivity (Wildman–Crippen MR) is 89.5 cm³/mol. The summed E-state index contributed by atoms with van der Waals surface area (Å²) >= 11 is 1.44. The van der Waals surface area contributed by atoms with E-state index in [9.17, 15) is 13.2 Å². The van der Waals surface area contributed by atoms with Gasteiger partial charge in [0.15, 0.2) is 0 Å². The summed E-state index contributed by atoms with van der Waals surface area (Å²) in [6.07, 6.45) is 0.252. The number of thiazole rings is 1. The summed E-state index contributed by atoms with van der Waals surface area (Å²) < 4.78 is 33.3. The molecule has 3 saturated heterocycles. The number of ether oxygens (including phenoxy) is 1. The van der Waals surface area contributed by atoms with Crippen LogP contribution in [0.15, 0.2) is 5.38 Å². The van der Waals surface area contributed by atoms with E-state index in [2.05, 4.69) is 4.98 Å². The summed E-state index contributed by atoms with van der Waals surface area (Å²) in [5.41, 5.74) is -0.361. The third kappa shape index (κ3) is 2.25. The molecule has 1 unspecified atom stereocenters. The van der Waals surface area contributed by atoms with E-state index in [4.69, 9.17) is 4.74 Å². The van der Waals surface area contributed by atoms with Crippen molar-refractivity contribution in [2.75, 3.05) is 19.6 Å². The highest BCUT2D eigenvalue weighted by molar-refractivity contribution is 7.90. The molecule has 3 fully saturated rings. The average Bonchev–Trinajstić information content (AvgIpc) is 3.10. The smallest absolute Gasteiger partial charge is 0.273 e. The Morgan fingerprint density at radius 2 is 2.21 bits per heavy atom. The highest BCUT2D eigenvalue weighted by atomic mass is 32.2. The van der Waals surface area contributed by atoms with Crippen molar-refractivity contribution in [3.05, 3.63) is 16.1 Å². The first-order valence-electron chi connectivity index (χ1n) is 8.13. The van der Waals surface area contributed by atoms with Crippen LogP contribution in [-0.4, -0.2) is 71.1 Å². The van der Waals surface area contributed by atoms with Crippen molar-refractivity contribution in [2.24, 2.45) is 0 Å². The monoisotopic (exact) mass is 371 g/mol. The normalized spacial score (nSPS) is 34.8. The summed E-state index contributed by atoms with van der Waals surface area (Å²) in [7, 11) is -3.38. The van der Waals surface area contributed by atoms with Crippen LogP contribution in [0.25, 0.3) is 0 Å². The number of carbonyl (C=O) groups excluding carboxylic acids is 1. The molecular weight excluding hydrogens is 350 g/mol. The quantitative estimate of drug-likeness (QED) is 0.770. The van der Waals surface area contributed by atoms with Crippen molar-refractivity contribution in [1.82, 2.24) is 14.2 Å². The van der Waals surface area contributed by atoms with Gasteiger partial charge in [-0.05, 0) is 27.2 Å². The van der Waals surface area contributed by atoms with Gasteiger partial charge in [0, 0.05) is 24.5 Å². The summed E-state index contributed by atoms with van der Waals surface area (Å²) in [5, 5.41) is 2.06. The van der Waals surface area contributed by atoms with Gasteiger partial charge in [-0.3, -0.25) is 4.79 Å². The first kappa shape index (κ1) is 16.4. The number of aryl methyl sites for hydroxylation is 1. The van der Waals surface area contributed by atoms with Crippen LogP contribution in [0.5, 0.6) is 0 Å². The second-order valence-electron chi connectivity index (χ2n) is 7.15. The van der Waals surface area contributed by atoms with Gasteiger partial charge in [0.05, 0.1) is 17.7 Å². The van der Waals surface area contributed by atoms with Crippen molar-refractivity contribution < 1.29 is 17.9 Å². The van der Waals surface area contributed by atoms with Gasteiger partial charge in [-0.2, -0.15) is 4.31 Å². The molecule has 1 aromatic rings. The molecule has 24 heavy (non-hydrogen) atoms. The third-order valence-electron chi connectivity index (χ3n) is 5.16. The number of hydrogen-bond acceptors (Lipinski definition) is 6. The minimum atomic E-state index is -3.38. The molecule has 3 aliphatic heterocycles. The number of hydrogen-bond donors (Lipinski definition) is 0. The highest BCUT2D eigenvalue weighted by Gasteiger charge is 2.66. The lowest BCUT2D eigenvalue weighted by molar-refractivity contribution is -0.0989. The Kier molecular flexibility index (Phi) is 3.58. The summed E-state index contributed by atoms with van der Waals surface area (Å²) in [4.78, 5) is 18.7. The van der Waals surface area contributed by atoms with Crippen LogP contribution in [0.4, 0.5) is 0 Å². The number of likely N-dealkylation sites (tertiary alicyclic amines) is 1. The first-order valence-corrected chi connectivity index (χ1v) is 10.5. The zero-order chi connectivity index (χ0) is 17.3. The SMILES string of the molecule is Cc1nc(C(=O)N2C[C@H]3C[C@H]4C(C2)(CN(C(C)C)S4(=O)=O)O3)cs1. The van der Waals surface area contributed by atoms with Crippen molar-refractivity contribution in [3.63, 3.8) is 0 Å². The molecule has 9 heteroatoms. The van der Waals surface area contributed by atoms with Crippen molar-refractivity contribution in [2.45, 2.75) is 50.2 Å². The highest BCUT2D eigenvalue weighted by Crippen LogP contribution is 2.47. The van der Waals surface area contributed by atoms with Gasteiger partial charge in [-0.25, -0.2) is 13.4 Å². The van der Waals surface area contributed by atoms with Gasteiger partial charge in [0.25, 0.3) is 5.91 Å². The van der Waals surface area contributed by atoms with Gasteiger partial charge >= 0.3 is 0 Å². The molecule has 0 aromatic carbocycles. The molecule has 3 atom stereocenters. The molecule has 1 aromatic heterocycles. The van der Waals surface area contributed by atoms with Crippen molar-refractivity contribution in [3.8, 4) is 0 Å². The number of amides is 1. The van der Waals surface area contributed by atoms with Gasteiger partial charge in [0.2, 0.25) is 10.0 Å². The standard InChI is InChI=1S/C15H21N3O4S2/c1-9(2)18-8-15-7-17(14(19)12-6-23-10(3)16-12)5-11(22-15)4-13(15)24(18,20)21/h6,9,11,13H,4-5,7-8H2,1-3H3/t11-,13+,15?/m1/s1. The number of fused-ring (bicyclic) bond motifs is 1. The largest absolute Gasteiger partial charge is 0.365 e. The Morgan fingerprint density at radius 1 is 1.46 bits per heavy atom. The van der Waals surface area contributed by atoms with E-state index in [1.807, 2.05) is 20.8 Å². The molecule has 4 rings (SSSR count). The van der Waals surface area contributed by atoms with Crippen LogP contribution in [0.1, 0.15) is 35.8 Å². The number of sulfonamides is 1.